The summed E-state index contributed by atoms with van der Waals surface area (Å²) >= 11 is 0. The molecule has 3 aliphatic rings. The largest absolute Gasteiger partial charge is 0.469 e. The van der Waals surface area contributed by atoms with Crippen molar-refractivity contribution in [3.8, 4) is 0 Å². The molecule has 0 aromatic rings. The van der Waals surface area contributed by atoms with Gasteiger partial charge in [0, 0.05) is 6.42 Å². The average molecular weight is 471 g/mol. The van der Waals surface area contributed by atoms with E-state index < -0.39 is 29.7 Å². The van der Waals surface area contributed by atoms with Crippen LogP contribution in [0.3, 0.4) is 0 Å². The van der Waals surface area contributed by atoms with Gasteiger partial charge >= 0.3 is 5.97 Å². The lowest BCUT2D eigenvalue weighted by Crippen LogP contribution is -2.37. The average Bonchev–Trinajstić information content (AvgIpc) is 3.15. The van der Waals surface area contributed by atoms with Gasteiger partial charge in [-0.15, -0.1) is 0 Å². The van der Waals surface area contributed by atoms with Crippen molar-refractivity contribution < 1.29 is 24.9 Å². The summed E-state index contributed by atoms with van der Waals surface area (Å²) in [5.41, 5.74) is 3.15. The lowest BCUT2D eigenvalue weighted by molar-refractivity contribution is -0.155. The van der Waals surface area contributed by atoms with Crippen molar-refractivity contribution in [3.63, 3.8) is 0 Å². The lowest BCUT2D eigenvalue weighted by Gasteiger charge is -2.42. The Morgan fingerprint density at radius 3 is 2.65 bits per heavy atom. The molecule has 0 bridgehead atoms. The number of esters is 1. The van der Waals surface area contributed by atoms with Gasteiger partial charge in [-0.3, -0.25) is 4.79 Å². The summed E-state index contributed by atoms with van der Waals surface area (Å²) in [6.07, 6.45) is 12.0. The van der Waals surface area contributed by atoms with Crippen molar-refractivity contribution in [1.82, 2.24) is 0 Å². The molecule has 188 valence electrons. The van der Waals surface area contributed by atoms with E-state index in [4.69, 9.17) is 4.74 Å². The third kappa shape index (κ3) is 5.17. The SMILES string of the molecule is C=C(C=C[C@H](O)C(C)(C)C(=O)OC)[C@H]1CC[C@H]2C(=CC=C3C[C@@H](O)C[C@H](O)C3=C)CCC[C@]12C. The Kier molecular flexibility index (Phi) is 8.11. The number of rotatable bonds is 6. The van der Waals surface area contributed by atoms with E-state index in [9.17, 15) is 20.1 Å². The van der Waals surface area contributed by atoms with E-state index in [0.29, 0.717) is 24.7 Å². The number of allylic oxidation sites excluding steroid dienone is 5. The Morgan fingerprint density at radius 1 is 1.26 bits per heavy atom. The number of methoxy groups -OCH3 is 1. The number of hydrogen-bond donors (Lipinski definition) is 3. The van der Waals surface area contributed by atoms with Crippen LogP contribution < -0.4 is 0 Å². The van der Waals surface area contributed by atoms with Gasteiger partial charge in [0.05, 0.1) is 30.8 Å². The van der Waals surface area contributed by atoms with Crippen molar-refractivity contribution in [2.24, 2.45) is 22.7 Å². The third-order valence-electron chi connectivity index (χ3n) is 8.62. The summed E-state index contributed by atoms with van der Waals surface area (Å²) in [7, 11) is 1.33. The minimum atomic E-state index is -1.02. The van der Waals surface area contributed by atoms with Crippen molar-refractivity contribution in [2.75, 3.05) is 7.11 Å². The van der Waals surface area contributed by atoms with Gasteiger partial charge in [-0.25, -0.2) is 0 Å². The van der Waals surface area contributed by atoms with Gasteiger partial charge < -0.3 is 20.1 Å². The Bertz CT molecular complexity index is 907. The van der Waals surface area contributed by atoms with Crippen LogP contribution in [0.1, 0.15) is 65.7 Å². The summed E-state index contributed by atoms with van der Waals surface area (Å²) in [6, 6.07) is 0. The van der Waals surface area contributed by atoms with Gasteiger partial charge in [0.1, 0.15) is 0 Å². The molecule has 3 saturated carbocycles. The van der Waals surface area contributed by atoms with E-state index in [1.165, 1.54) is 12.7 Å². The Labute approximate surface area is 204 Å². The van der Waals surface area contributed by atoms with E-state index in [1.807, 2.05) is 6.08 Å². The molecule has 5 heteroatoms. The first-order valence-corrected chi connectivity index (χ1v) is 12.5. The molecule has 0 aromatic carbocycles. The first-order chi connectivity index (χ1) is 15.9. The highest BCUT2D eigenvalue weighted by atomic mass is 16.5. The minimum Gasteiger partial charge on any atom is -0.469 e. The normalized spacial score (nSPS) is 35.6. The van der Waals surface area contributed by atoms with E-state index in [1.54, 1.807) is 19.9 Å². The summed E-state index contributed by atoms with van der Waals surface area (Å²) in [5.74, 6) is 0.322. The van der Waals surface area contributed by atoms with Crippen molar-refractivity contribution in [1.29, 1.82) is 0 Å². The number of ether oxygens (including phenoxy) is 1. The van der Waals surface area contributed by atoms with Crippen LogP contribution in [0.25, 0.3) is 0 Å². The van der Waals surface area contributed by atoms with Gasteiger partial charge in [-0.2, -0.15) is 0 Å². The summed E-state index contributed by atoms with van der Waals surface area (Å²) in [5, 5.41) is 30.8. The second-order valence-electron chi connectivity index (χ2n) is 11.2. The molecule has 0 aliphatic heterocycles. The second-order valence-corrected chi connectivity index (χ2v) is 11.2. The maximum atomic E-state index is 12.0. The molecule has 0 aromatic heterocycles. The highest BCUT2D eigenvalue weighted by molar-refractivity contribution is 5.76. The second kappa shape index (κ2) is 10.3. The number of aliphatic hydroxyl groups excluding tert-OH is 3. The molecule has 0 amide bonds. The van der Waals surface area contributed by atoms with Crippen LogP contribution >= 0.6 is 0 Å². The van der Waals surface area contributed by atoms with Gasteiger partial charge in [0.15, 0.2) is 0 Å². The van der Waals surface area contributed by atoms with Gasteiger partial charge in [-0.1, -0.05) is 55.5 Å². The molecule has 5 nitrogen and oxygen atoms in total. The molecule has 0 radical (unpaired) electrons. The van der Waals surface area contributed by atoms with Crippen molar-refractivity contribution in [2.45, 2.75) is 84.0 Å². The maximum absolute atomic E-state index is 12.0. The molecule has 6 atom stereocenters. The maximum Gasteiger partial charge on any atom is 0.314 e. The monoisotopic (exact) mass is 470 g/mol. The number of aliphatic hydroxyl groups is 3. The molecule has 0 spiro atoms. The summed E-state index contributed by atoms with van der Waals surface area (Å²) in [4.78, 5) is 12.0. The van der Waals surface area contributed by atoms with Crippen molar-refractivity contribution in [3.05, 3.63) is 59.8 Å². The molecule has 3 aliphatic carbocycles. The highest BCUT2D eigenvalue weighted by Crippen LogP contribution is 2.59. The molecule has 0 saturated heterocycles. The fourth-order valence-corrected chi connectivity index (χ4v) is 6.27. The molecule has 0 heterocycles. The number of hydrogen-bond acceptors (Lipinski definition) is 5. The molecular weight excluding hydrogens is 428 g/mol. The highest BCUT2D eigenvalue weighted by Gasteiger charge is 2.49. The van der Waals surface area contributed by atoms with Gasteiger partial charge in [-0.05, 0) is 80.8 Å². The molecular formula is C29H42O5. The first-order valence-electron chi connectivity index (χ1n) is 12.5. The number of carbonyl (C=O) groups excluding carboxylic acids is 1. The molecule has 34 heavy (non-hydrogen) atoms. The fourth-order valence-electron chi connectivity index (χ4n) is 6.27. The third-order valence-corrected chi connectivity index (χ3v) is 8.62. The minimum absolute atomic E-state index is 0.0927. The van der Waals surface area contributed by atoms with E-state index in [2.05, 4.69) is 32.2 Å². The van der Waals surface area contributed by atoms with Crippen LogP contribution in [0.15, 0.2) is 59.8 Å². The molecule has 3 fully saturated rings. The van der Waals surface area contributed by atoms with Crippen LogP contribution in [0.5, 0.6) is 0 Å². The zero-order valence-corrected chi connectivity index (χ0v) is 21.2. The molecule has 3 N–H and O–H groups in total. The van der Waals surface area contributed by atoms with Crippen LogP contribution in [0, 0.1) is 22.7 Å². The Hall–Kier alpha value is -1.95. The topological polar surface area (TPSA) is 87.0 Å². The summed E-state index contributed by atoms with van der Waals surface area (Å²) in [6.45, 7) is 14.1. The Morgan fingerprint density at radius 2 is 1.97 bits per heavy atom. The number of carbonyl (C=O) groups is 1. The predicted molar refractivity (Wildman–Crippen MR) is 135 cm³/mol. The van der Waals surface area contributed by atoms with E-state index in [-0.39, 0.29) is 5.41 Å². The van der Waals surface area contributed by atoms with E-state index in [0.717, 1.165) is 48.8 Å². The zero-order chi connectivity index (χ0) is 25.3. The van der Waals surface area contributed by atoms with Crippen LogP contribution in [0.4, 0.5) is 0 Å². The molecule has 3 rings (SSSR count). The lowest BCUT2D eigenvalue weighted by atomic mass is 9.62. The number of fused-ring (bicyclic) bond motifs is 1. The van der Waals surface area contributed by atoms with Crippen molar-refractivity contribution >= 4 is 5.97 Å². The standard InChI is InChI=1S/C29H42O5/c1-18(9-14-26(32)28(3,4)27(33)34-6)23-12-13-24-20(8-7-15-29(23,24)5)10-11-21-16-22(30)17-25(31)19(21)2/h9-11,14,22-26,30-32H,1-2,7-8,12-13,15-17H2,3-6H3/t22-,23-,24+,25+,26+,29-/m1/s1. The first kappa shape index (κ1) is 26.7. The smallest absolute Gasteiger partial charge is 0.314 e. The van der Waals surface area contributed by atoms with Gasteiger partial charge in [0.25, 0.3) is 0 Å². The summed E-state index contributed by atoms with van der Waals surface area (Å²) < 4.78 is 4.83. The predicted octanol–water partition coefficient (Wildman–Crippen LogP) is 4.80. The Balaban J connectivity index is 1.76. The fraction of sp³-hybridized carbons (Fsp3) is 0.621. The van der Waals surface area contributed by atoms with Crippen LogP contribution in [-0.2, 0) is 9.53 Å². The van der Waals surface area contributed by atoms with Crippen LogP contribution in [-0.4, -0.2) is 46.7 Å². The van der Waals surface area contributed by atoms with Crippen LogP contribution in [0.2, 0.25) is 0 Å². The van der Waals surface area contributed by atoms with Gasteiger partial charge in [0.2, 0.25) is 0 Å². The quantitative estimate of drug-likeness (QED) is 0.383. The van der Waals surface area contributed by atoms with E-state index >= 15 is 0 Å². The molecule has 0 unspecified atom stereocenters. The zero-order valence-electron chi connectivity index (χ0n) is 21.2.